The molecule has 1 aromatic rings. The van der Waals surface area contributed by atoms with Crippen molar-refractivity contribution in [2.24, 2.45) is 11.0 Å². The minimum absolute atomic E-state index is 0.0428. The monoisotopic (exact) mass is 252 g/mol. The number of halogens is 2. The Morgan fingerprint density at radius 2 is 2.11 bits per heavy atom. The Morgan fingerprint density at radius 1 is 1.39 bits per heavy atom. The smallest absolute Gasteiger partial charge is 0.248 e. The van der Waals surface area contributed by atoms with Gasteiger partial charge < -0.3 is 0 Å². The fourth-order valence-corrected chi connectivity index (χ4v) is 1.75. The molecular formula is C13H14F2N2O. The molecule has 1 aromatic carbocycles. The Kier molecular flexibility index (Phi) is 3.41. The molecule has 0 N–H and O–H groups in total. The van der Waals surface area contributed by atoms with E-state index >= 15 is 0 Å². The number of hydrogen-bond donors (Lipinski definition) is 0. The van der Waals surface area contributed by atoms with Crippen LogP contribution in [0.1, 0.15) is 25.8 Å². The summed E-state index contributed by atoms with van der Waals surface area (Å²) >= 11 is 0. The Balaban J connectivity index is 2.17. The Morgan fingerprint density at radius 3 is 2.67 bits per heavy atom. The van der Waals surface area contributed by atoms with E-state index in [1.165, 1.54) is 17.1 Å². The van der Waals surface area contributed by atoms with Crippen LogP contribution in [0.4, 0.5) is 8.78 Å². The molecular weight excluding hydrogens is 238 g/mol. The zero-order valence-electron chi connectivity index (χ0n) is 10.3. The van der Waals surface area contributed by atoms with Gasteiger partial charge in [-0.2, -0.15) is 5.10 Å². The van der Waals surface area contributed by atoms with Crippen molar-refractivity contribution in [1.29, 1.82) is 0 Å². The number of hydrogen-bond acceptors (Lipinski definition) is 2. The van der Waals surface area contributed by atoms with Crippen LogP contribution in [0, 0.1) is 17.6 Å². The number of nitrogens with zero attached hydrogens (tertiary/aromatic N) is 2. The Labute approximate surface area is 104 Å². The molecule has 0 aromatic heterocycles. The molecule has 3 nitrogen and oxygen atoms in total. The van der Waals surface area contributed by atoms with Gasteiger partial charge in [0.15, 0.2) is 0 Å². The molecule has 1 heterocycles. The topological polar surface area (TPSA) is 32.7 Å². The highest BCUT2D eigenvalue weighted by atomic mass is 19.1. The lowest BCUT2D eigenvalue weighted by Gasteiger charge is -2.12. The van der Waals surface area contributed by atoms with E-state index in [-0.39, 0.29) is 30.4 Å². The van der Waals surface area contributed by atoms with Crippen molar-refractivity contribution in [2.75, 3.05) is 0 Å². The molecule has 0 saturated carbocycles. The maximum Gasteiger partial charge on any atom is 0.248 e. The summed E-state index contributed by atoms with van der Waals surface area (Å²) in [5, 5.41) is 5.41. The second-order valence-electron chi connectivity index (χ2n) is 4.61. The summed E-state index contributed by atoms with van der Waals surface area (Å²) in [6, 6.07) is 3.32. The van der Waals surface area contributed by atoms with E-state index in [1.54, 1.807) is 0 Å². The van der Waals surface area contributed by atoms with Gasteiger partial charge in [0.1, 0.15) is 11.6 Å². The van der Waals surface area contributed by atoms with Crippen molar-refractivity contribution in [3.8, 4) is 0 Å². The zero-order valence-corrected chi connectivity index (χ0v) is 10.3. The van der Waals surface area contributed by atoms with Crippen LogP contribution in [0.15, 0.2) is 23.3 Å². The first-order valence-electron chi connectivity index (χ1n) is 5.79. The van der Waals surface area contributed by atoms with Crippen molar-refractivity contribution in [3.63, 3.8) is 0 Å². The summed E-state index contributed by atoms with van der Waals surface area (Å²) in [5.41, 5.74) is 1.06. The number of hydrazone groups is 1. The number of amides is 1. The highest BCUT2D eigenvalue weighted by Crippen LogP contribution is 2.19. The lowest BCUT2D eigenvalue weighted by Crippen LogP contribution is -2.20. The van der Waals surface area contributed by atoms with Crippen molar-refractivity contribution < 1.29 is 13.6 Å². The Hall–Kier alpha value is -1.78. The molecule has 2 rings (SSSR count). The summed E-state index contributed by atoms with van der Waals surface area (Å²) in [6.45, 7) is 3.95. The van der Waals surface area contributed by atoms with Gasteiger partial charge in [0.25, 0.3) is 0 Å². The van der Waals surface area contributed by atoms with Crippen LogP contribution in [-0.2, 0) is 11.3 Å². The van der Waals surface area contributed by atoms with E-state index in [4.69, 9.17) is 0 Å². The highest BCUT2D eigenvalue weighted by Gasteiger charge is 2.26. The number of benzene rings is 1. The predicted molar refractivity (Wildman–Crippen MR) is 63.8 cm³/mol. The molecule has 1 aliphatic rings. The van der Waals surface area contributed by atoms with Crippen LogP contribution in [0.2, 0.25) is 0 Å². The first-order valence-corrected chi connectivity index (χ1v) is 5.79. The van der Waals surface area contributed by atoms with Gasteiger partial charge in [0, 0.05) is 11.6 Å². The van der Waals surface area contributed by atoms with Crippen LogP contribution in [0.3, 0.4) is 0 Å². The second kappa shape index (κ2) is 4.84. The van der Waals surface area contributed by atoms with Crippen molar-refractivity contribution >= 4 is 11.6 Å². The molecule has 1 aliphatic heterocycles. The van der Waals surface area contributed by atoms with Crippen LogP contribution in [0.5, 0.6) is 0 Å². The van der Waals surface area contributed by atoms with Gasteiger partial charge in [-0.05, 0) is 12.0 Å². The maximum absolute atomic E-state index is 13.5. The SMILES string of the molecule is CC(C)C1=NN(Cc2ccc(F)cc2F)C(=O)C1. The molecule has 0 fully saturated rings. The highest BCUT2D eigenvalue weighted by molar-refractivity contribution is 6.05. The summed E-state index contributed by atoms with van der Waals surface area (Å²) < 4.78 is 26.2. The third-order valence-electron chi connectivity index (χ3n) is 2.87. The molecule has 0 atom stereocenters. The van der Waals surface area contributed by atoms with Crippen molar-refractivity contribution in [1.82, 2.24) is 5.01 Å². The average molecular weight is 252 g/mol. The molecule has 0 bridgehead atoms. The van der Waals surface area contributed by atoms with E-state index in [9.17, 15) is 13.6 Å². The fraction of sp³-hybridized carbons (Fsp3) is 0.385. The number of carbonyl (C=O) groups is 1. The molecule has 0 radical (unpaired) electrons. The van der Waals surface area contributed by atoms with Gasteiger partial charge in [-0.3, -0.25) is 4.79 Å². The maximum atomic E-state index is 13.5. The lowest BCUT2D eigenvalue weighted by molar-refractivity contribution is -0.129. The summed E-state index contributed by atoms with van der Waals surface area (Å²) in [5.74, 6) is -1.24. The number of carbonyl (C=O) groups excluding carboxylic acids is 1. The molecule has 96 valence electrons. The zero-order chi connectivity index (χ0) is 13.3. The standard InChI is InChI=1S/C13H14F2N2O/c1-8(2)12-6-13(18)17(16-12)7-9-3-4-10(14)5-11(9)15/h3-5,8H,6-7H2,1-2H3. The Bertz CT molecular complexity index is 512. The molecule has 0 saturated heterocycles. The minimum atomic E-state index is -0.656. The van der Waals surface area contributed by atoms with Gasteiger partial charge >= 0.3 is 0 Å². The summed E-state index contributed by atoms with van der Waals surface area (Å²) in [6.07, 6.45) is 0.278. The quantitative estimate of drug-likeness (QED) is 0.814. The lowest BCUT2D eigenvalue weighted by atomic mass is 10.1. The second-order valence-corrected chi connectivity index (χ2v) is 4.61. The summed E-state index contributed by atoms with van der Waals surface area (Å²) in [4.78, 5) is 11.7. The van der Waals surface area contributed by atoms with E-state index in [0.29, 0.717) is 0 Å². The van der Waals surface area contributed by atoms with Crippen molar-refractivity contribution in [2.45, 2.75) is 26.8 Å². The third kappa shape index (κ3) is 2.55. The molecule has 0 unspecified atom stereocenters. The molecule has 5 heteroatoms. The normalized spacial score (nSPS) is 15.5. The van der Waals surface area contributed by atoms with E-state index in [0.717, 1.165) is 11.8 Å². The van der Waals surface area contributed by atoms with E-state index in [1.807, 2.05) is 13.8 Å². The minimum Gasteiger partial charge on any atom is -0.273 e. The molecule has 18 heavy (non-hydrogen) atoms. The van der Waals surface area contributed by atoms with Crippen LogP contribution < -0.4 is 0 Å². The van der Waals surface area contributed by atoms with Crippen LogP contribution in [-0.4, -0.2) is 16.6 Å². The molecule has 0 aliphatic carbocycles. The van der Waals surface area contributed by atoms with Crippen LogP contribution in [0.25, 0.3) is 0 Å². The van der Waals surface area contributed by atoms with Crippen LogP contribution >= 0.6 is 0 Å². The van der Waals surface area contributed by atoms with Crippen molar-refractivity contribution in [3.05, 3.63) is 35.4 Å². The fourth-order valence-electron chi connectivity index (χ4n) is 1.75. The first kappa shape index (κ1) is 12.7. The largest absolute Gasteiger partial charge is 0.273 e. The third-order valence-corrected chi connectivity index (χ3v) is 2.87. The van der Waals surface area contributed by atoms with Gasteiger partial charge in [0.2, 0.25) is 5.91 Å². The molecule has 1 amide bonds. The van der Waals surface area contributed by atoms with E-state index < -0.39 is 11.6 Å². The number of rotatable bonds is 3. The van der Waals surface area contributed by atoms with E-state index in [2.05, 4.69) is 5.10 Å². The van der Waals surface area contributed by atoms with Gasteiger partial charge in [-0.25, -0.2) is 13.8 Å². The van der Waals surface area contributed by atoms with Gasteiger partial charge in [0.05, 0.1) is 18.7 Å². The van der Waals surface area contributed by atoms with Gasteiger partial charge in [-0.1, -0.05) is 19.9 Å². The predicted octanol–water partition coefficient (Wildman–Crippen LogP) is 2.71. The van der Waals surface area contributed by atoms with Gasteiger partial charge in [-0.15, -0.1) is 0 Å². The summed E-state index contributed by atoms with van der Waals surface area (Å²) in [7, 11) is 0. The molecule has 0 spiro atoms. The average Bonchev–Trinajstić information content (AvgIpc) is 2.64. The first-order chi connectivity index (χ1) is 8.47.